The number of phenols is 1. The lowest BCUT2D eigenvalue weighted by Crippen LogP contribution is -2.14. The van der Waals surface area contributed by atoms with Crippen LogP contribution < -0.4 is 0 Å². The lowest BCUT2D eigenvalue weighted by atomic mass is 10.0. The van der Waals surface area contributed by atoms with E-state index in [-0.39, 0.29) is 11.3 Å². The van der Waals surface area contributed by atoms with Gasteiger partial charge < -0.3 is 10.2 Å². The number of hydrogen-bond acceptors (Lipinski definition) is 3. The Hall–Kier alpha value is -1.84. The Morgan fingerprint density at radius 1 is 1.14 bits per heavy atom. The number of ketones is 1. The third-order valence-electron chi connectivity index (χ3n) is 2.01. The van der Waals surface area contributed by atoms with Gasteiger partial charge in [0, 0.05) is 0 Å². The second-order valence-corrected chi connectivity index (χ2v) is 3.06. The Balaban J connectivity index is 3.40. The molecule has 2 N–H and O–H groups in total. The van der Waals surface area contributed by atoms with Crippen molar-refractivity contribution in [3.63, 3.8) is 0 Å². The van der Waals surface area contributed by atoms with Crippen molar-refractivity contribution in [2.45, 2.75) is 13.8 Å². The third kappa shape index (κ3) is 1.59. The van der Waals surface area contributed by atoms with E-state index in [1.54, 1.807) is 26.0 Å². The number of aliphatic carboxylic acids is 1. The molecule has 0 aliphatic rings. The van der Waals surface area contributed by atoms with Crippen LogP contribution in [0.25, 0.3) is 0 Å². The number of carboxylic acid groups (broad SMARTS) is 1. The zero-order chi connectivity index (χ0) is 10.9. The number of carboxylic acids is 1. The first-order chi connectivity index (χ1) is 6.45. The largest absolute Gasteiger partial charge is 0.507 e. The highest BCUT2D eigenvalue weighted by atomic mass is 16.4. The van der Waals surface area contributed by atoms with Gasteiger partial charge in [-0.15, -0.1) is 0 Å². The molecule has 0 unspecified atom stereocenters. The molecule has 0 radical (unpaired) electrons. The van der Waals surface area contributed by atoms with Gasteiger partial charge in [-0.2, -0.15) is 0 Å². The minimum absolute atomic E-state index is 0.127. The molecule has 0 aromatic heterocycles. The van der Waals surface area contributed by atoms with Gasteiger partial charge in [0.1, 0.15) is 5.75 Å². The zero-order valence-corrected chi connectivity index (χ0v) is 7.87. The summed E-state index contributed by atoms with van der Waals surface area (Å²) in [5.74, 6) is -2.89. The maximum Gasteiger partial charge on any atom is 0.377 e. The van der Waals surface area contributed by atoms with Crippen LogP contribution in [-0.2, 0) is 4.79 Å². The Labute approximate surface area is 80.8 Å². The van der Waals surface area contributed by atoms with E-state index in [2.05, 4.69) is 0 Å². The maximum atomic E-state index is 11.2. The van der Waals surface area contributed by atoms with Gasteiger partial charge in [0.2, 0.25) is 0 Å². The van der Waals surface area contributed by atoms with Crippen molar-refractivity contribution in [3.05, 3.63) is 28.8 Å². The molecule has 0 bridgehead atoms. The second kappa shape index (κ2) is 3.49. The normalized spacial score (nSPS) is 9.86. The van der Waals surface area contributed by atoms with Crippen LogP contribution in [0.1, 0.15) is 21.5 Å². The van der Waals surface area contributed by atoms with E-state index < -0.39 is 11.8 Å². The van der Waals surface area contributed by atoms with E-state index in [4.69, 9.17) is 5.11 Å². The first-order valence-corrected chi connectivity index (χ1v) is 4.02. The van der Waals surface area contributed by atoms with Crippen LogP contribution in [0.5, 0.6) is 5.75 Å². The molecule has 74 valence electrons. The summed E-state index contributed by atoms with van der Waals surface area (Å²) < 4.78 is 0. The Morgan fingerprint density at radius 2 is 1.64 bits per heavy atom. The minimum atomic E-state index is -1.56. The van der Waals surface area contributed by atoms with Crippen molar-refractivity contribution in [2.24, 2.45) is 0 Å². The predicted molar refractivity (Wildman–Crippen MR) is 49.5 cm³/mol. The second-order valence-electron chi connectivity index (χ2n) is 3.06. The summed E-state index contributed by atoms with van der Waals surface area (Å²) in [5.41, 5.74) is 0.818. The highest BCUT2D eigenvalue weighted by molar-refractivity contribution is 6.40. The van der Waals surface area contributed by atoms with Gasteiger partial charge in [-0.1, -0.05) is 12.1 Å². The van der Waals surface area contributed by atoms with Crippen LogP contribution in [-0.4, -0.2) is 22.0 Å². The van der Waals surface area contributed by atoms with Crippen molar-refractivity contribution < 1.29 is 19.8 Å². The van der Waals surface area contributed by atoms with Crippen LogP contribution in [0.15, 0.2) is 12.1 Å². The molecule has 0 spiro atoms. The fourth-order valence-electron chi connectivity index (χ4n) is 1.19. The van der Waals surface area contributed by atoms with Crippen molar-refractivity contribution in [1.29, 1.82) is 0 Å². The zero-order valence-electron chi connectivity index (χ0n) is 7.87. The van der Waals surface area contributed by atoms with Crippen LogP contribution in [0.4, 0.5) is 0 Å². The fourth-order valence-corrected chi connectivity index (χ4v) is 1.19. The number of hydrogen-bond donors (Lipinski definition) is 2. The lowest BCUT2D eigenvalue weighted by molar-refractivity contribution is -0.131. The first-order valence-electron chi connectivity index (χ1n) is 4.02. The van der Waals surface area contributed by atoms with Gasteiger partial charge in [-0.05, 0) is 25.0 Å². The van der Waals surface area contributed by atoms with Gasteiger partial charge in [0.25, 0.3) is 5.78 Å². The summed E-state index contributed by atoms with van der Waals surface area (Å²) in [4.78, 5) is 21.6. The van der Waals surface area contributed by atoms with E-state index in [1.165, 1.54) is 0 Å². The molecule has 1 rings (SSSR count). The smallest absolute Gasteiger partial charge is 0.377 e. The molecule has 0 aliphatic carbocycles. The number of aromatic hydroxyl groups is 1. The molecule has 4 nitrogen and oxygen atoms in total. The van der Waals surface area contributed by atoms with Crippen LogP contribution in [0.2, 0.25) is 0 Å². The number of carbonyl (C=O) groups excluding carboxylic acids is 1. The number of rotatable bonds is 2. The van der Waals surface area contributed by atoms with Crippen LogP contribution in [0.3, 0.4) is 0 Å². The standard InChI is InChI=1S/C10H10O4/c1-5-3-4-6(2)8(11)7(5)9(12)10(13)14/h3-4,11H,1-2H3,(H,13,14). The molecule has 0 amide bonds. The van der Waals surface area contributed by atoms with Gasteiger partial charge >= 0.3 is 5.97 Å². The number of carbonyl (C=O) groups is 2. The van der Waals surface area contributed by atoms with Gasteiger partial charge in [0.05, 0.1) is 5.56 Å². The Kier molecular flexibility index (Phi) is 2.56. The predicted octanol–water partition coefficient (Wildman–Crippen LogP) is 1.28. The molecule has 0 fully saturated rings. The average Bonchev–Trinajstić information content (AvgIpc) is 2.12. The monoisotopic (exact) mass is 194 g/mol. The van der Waals surface area contributed by atoms with Crippen LogP contribution >= 0.6 is 0 Å². The molecule has 0 saturated heterocycles. The van der Waals surface area contributed by atoms with Crippen molar-refractivity contribution in [3.8, 4) is 5.75 Å². The maximum absolute atomic E-state index is 11.2. The summed E-state index contributed by atoms with van der Waals surface area (Å²) in [6, 6.07) is 3.23. The Morgan fingerprint density at radius 3 is 2.14 bits per heavy atom. The van der Waals surface area contributed by atoms with Gasteiger partial charge in [-0.3, -0.25) is 4.79 Å². The topological polar surface area (TPSA) is 74.6 Å². The molecule has 0 aliphatic heterocycles. The van der Waals surface area contributed by atoms with E-state index >= 15 is 0 Å². The molecule has 0 atom stereocenters. The molecular weight excluding hydrogens is 184 g/mol. The molecule has 14 heavy (non-hydrogen) atoms. The van der Waals surface area contributed by atoms with E-state index in [0.717, 1.165) is 0 Å². The van der Waals surface area contributed by atoms with Crippen molar-refractivity contribution in [2.75, 3.05) is 0 Å². The summed E-state index contributed by atoms with van der Waals surface area (Å²) in [6.07, 6.45) is 0. The molecule has 0 heterocycles. The Bertz CT molecular complexity index is 407. The van der Waals surface area contributed by atoms with Crippen molar-refractivity contribution >= 4 is 11.8 Å². The van der Waals surface area contributed by atoms with E-state index in [0.29, 0.717) is 11.1 Å². The lowest BCUT2D eigenvalue weighted by Gasteiger charge is -2.06. The summed E-state index contributed by atoms with van der Waals surface area (Å²) in [5, 5.41) is 18.0. The first kappa shape index (κ1) is 10.2. The van der Waals surface area contributed by atoms with Gasteiger partial charge in [0.15, 0.2) is 0 Å². The number of benzene rings is 1. The minimum Gasteiger partial charge on any atom is -0.507 e. The highest BCUT2D eigenvalue weighted by Crippen LogP contribution is 2.25. The highest BCUT2D eigenvalue weighted by Gasteiger charge is 2.21. The molecule has 0 saturated carbocycles. The number of phenolic OH excluding ortho intramolecular Hbond substituents is 1. The van der Waals surface area contributed by atoms with E-state index in [9.17, 15) is 14.7 Å². The van der Waals surface area contributed by atoms with Crippen LogP contribution in [0, 0.1) is 13.8 Å². The number of aryl methyl sites for hydroxylation is 2. The van der Waals surface area contributed by atoms with Crippen molar-refractivity contribution in [1.82, 2.24) is 0 Å². The summed E-state index contributed by atoms with van der Waals surface area (Å²) >= 11 is 0. The average molecular weight is 194 g/mol. The quantitative estimate of drug-likeness (QED) is 0.549. The van der Waals surface area contributed by atoms with Gasteiger partial charge in [-0.25, -0.2) is 4.79 Å². The molecule has 4 heteroatoms. The molecular formula is C10H10O4. The van der Waals surface area contributed by atoms with E-state index in [1.807, 2.05) is 0 Å². The molecule has 1 aromatic carbocycles. The SMILES string of the molecule is Cc1ccc(C)c(C(=O)C(=O)O)c1O. The third-order valence-corrected chi connectivity index (χ3v) is 2.01. The molecule has 1 aromatic rings. The summed E-state index contributed by atoms with van der Waals surface area (Å²) in [7, 11) is 0. The summed E-state index contributed by atoms with van der Waals surface area (Å²) in [6.45, 7) is 3.18. The fraction of sp³-hybridized carbons (Fsp3) is 0.200. The number of Topliss-reactive ketones (excluding diaryl/α,β-unsaturated/α-hetero) is 1.